The molecule has 0 saturated heterocycles. The molecule has 4 nitrogen and oxygen atoms in total. The molecule has 62 valence electrons. The third-order valence-electron chi connectivity index (χ3n) is 2.03. The third kappa shape index (κ3) is 0.823. The summed E-state index contributed by atoms with van der Waals surface area (Å²) in [6.45, 7) is 0. The maximum atomic E-state index is 4.25. The number of rotatable bonds is 0. The van der Waals surface area contributed by atoms with Crippen LogP contribution in [0.15, 0.2) is 30.9 Å². The van der Waals surface area contributed by atoms with Crippen molar-refractivity contribution in [3.05, 3.63) is 30.9 Å². The van der Waals surface area contributed by atoms with Crippen molar-refractivity contribution in [1.82, 2.24) is 19.9 Å². The van der Waals surface area contributed by atoms with Crippen LogP contribution in [-0.2, 0) is 0 Å². The van der Waals surface area contributed by atoms with Crippen LogP contribution < -0.4 is 0 Å². The summed E-state index contributed by atoms with van der Waals surface area (Å²) < 4.78 is 0. The molecule has 0 aliphatic rings. The molecular formula is C9H6N4. The molecule has 0 unspecified atom stereocenters. The zero-order chi connectivity index (χ0) is 8.67. The van der Waals surface area contributed by atoms with Crippen molar-refractivity contribution >= 4 is 22.1 Å². The van der Waals surface area contributed by atoms with Gasteiger partial charge < -0.3 is 4.98 Å². The first kappa shape index (κ1) is 6.54. The van der Waals surface area contributed by atoms with Crippen LogP contribution in [0.3, 0.4) is 0 Å². The van der Waals surface area contributed by atoms with E-state index in [0.29, 0.717) is 0 Å². The number of fused-ring (bicyclic) bond motifs is 3. The number of hydrogen-bond acceptors (Lipinski definition) is 3. The van der Waals surface area contributed by atoms with E-state index in [0.717, 1.165) is 22.1 Å². The summed E-state index contributed by atoms with van der Waals surface area (Å²) >= 11 is 0. The Hall–Kier alpha value is -1.97. The monoisotopic (exact) mass is 170 g/mol. The maximum Gasteiger partial charge on any atom is 0.118 e. The quantitative estimate of drug-likeness (QED) is 0.556. The van der Waals surface area contributed by atoms with Gasteiger partial charge in [-0.3, -0.25) is 4.98 Å². The van der Waals surface area contributed by atoms with Crippen molar-refractivity contribution in [3.63, 3.8) is 0 Å². The first-order chi connectivity index (χ1) is 6.45. The molecule has 0 bridgehead atoms. The Bertz CT molecular complexity index is 570. The second kappa shape index (κ2) is 2.26. The van der Waals surface area contributed by atoms with Crippen molar-refractivity contribution in [2.24, 2.45) is 0 Å². The molecule has 1 aromatic carbocycles. The molecule has 0 fully saturated rings. The molecule has 0 saturated carbocycles. The summed E-state index contributed by atoms with van der Waals surface area (Å²) in [5.41, 5.74) is 3.60. The van der Waals surface area contributed by atoms with Gasteiger partial charge in [0.1, 0.15) is 17.4 Å². The van der Waals surface area contributed by atoms with E-state index in [-0.39, 0.29) is 0 Å². The smallest absolute Gasteiger partial charge is 0.118 e. The van der Waals surface area contributed by atoms with E-state index >= 15 is 0 Å². The van der Waals surface area contributed by atoms with Gasteiger partial charge in [0.05, 0.1) is 11.0 Å². The maximum absolute atomic E-state index is 4.25. The van der Waals surface area contributed by atoms with E-state index in [1.54, 1.807) is 18.7 Å². The van der Waals surface area contributed by atoms with Crippen LogP contribution in [0, 0.1) is 0 Å². The SMILES string of the molecule is c1nc2ccc3[nH]ccnc3c2n1. The van der Waals surface area contributed by atoms with Gasteiger partial charge in [-0.15, -0.1) is 0 Å². The summed E-state index contributed by atoms with van der Waals surface area (Å²) in [6, 6.07) is 3.89. The lowest BCUT2D eigenvalue weighted by molar-refractivity contribution is 1.29. The Morgan fingerprint density at radius 2 is 2.00 bits per heavy atom. The molecule has 0 radical (unpaired) electrons. The number of imidazole rings is 1. The predicted molar refractivity (Wildman–Crippen MR) is 49.2 cm³/mol. The Morgan fingerprint density at radius 1 is 1.00 bits per heavy atom. The standard InChI is InChI=1S/C9H6N4/c1-2-7-9(13-5-12-7)8-6(1)10-3-4-11-8/h1-5,10H. The summed E-state index contributed by atoms with van der Waals surface area (Å²) in [6.07, 6.45) is 5.07. The van der Waals surface area contributed by atoms with Gasteiger partial charge in [0.15, 0.2) is 0 Å². The molecule has 0 amide bonds. The fourth-order valence-electron chi connectivity index (χ4n) is 1.44. The van der Waals surface area contributed by atoms with Crippen LogP contribution in [0.1, 0.15) is 0 Å². The lowest BCUT2D eigenvalue weighted by Gasteiger charge is -1.95. The molecule has 1 N–H and O–H groups in total. The van der Waals surface area contributed by atoms with E-state index in [1.165, 1.54) is 0 Å². The van der Waals surface area contributed by atoms with Gasteiger partial charge >= 0.3 is 0 Å². The molecule has 2 aromatic heterocycles. The van der Waals surface area contributed by atoms with Crippen LogP contribution in [0.5, 0.6) is 0 Å². The minimum atomic E-state index is 0.856. The Labute approximate surface area is 73.7 Å². The zero-order valence-electron chi connectivity index (χ0n) is 6.73. The highest BCUT2D eigenvalue weighted by atomic mass is 14.9. The normalized spacial score (nSPS) is 11.1. The largest absolute Gasteiger partial charge is 0.358 e. The number of hydrogen-bond donors (Lipinski definition) is 1. The van der Waals surface area contributed by atoms with Gasteiger partial charge in [-0.1, -0.05) is 0 Å². The molecule has 0 aliphatic heterocycles. The van der Waals surface area contributed by atoms with E-state index in [4.69, 9.17) is 0 Å². The molecule has 13 heavy (non-hydrogen) atoms. The van der Waals surface area contributed by atoms with Crippen LogP contribution in [0.4, 0.5) is 0 Å². The summed E-state index contributed by atoms with van der Waals surface area (Å²) in [5.74, 6) is 0. The Kier molecular flexibility index (Phi) is 1.14. The fraction of sp³-hybridized carbons (Fsp3) is 0. The number of H-pyrrole nitrogens is 1. The van der Waals surface area contributed by atoms with E-state index in [9.17, 15) is 0 Å². The lowest BCUT2D eigenvalue weighted by Crippen LogP contribution is -1.82. The average molecular weight is 170 g/mol. The molecule has 0 atom stereocenters. The highest BCUT2D eigenvalue weighted by Crippen LogP contribution is 2.17. The van der Waals surface area contributed by atoms with Crippen LogP contribution >= 0.6 is 0 Å². The van der Waals surface area contributed by atoms with Gasteiger partial charge in [0, 0.05) is 12.4 Å². The van der Waals surface area contributed by atoms with Crippen LogP contribution in [-0.4, -0.2) is 19.9 Å². The second-order valence-corrected chi connectivity index (χ2v) is 2.79. The number of benzene rings is 1. The second-order valence-electron chi connectivity index (χ2n) is 2.79. The molecule has 3 rings (SSSR count). The zero-order valence-corrected chi connectivity index (χ0v) is 6.73. The summed E-state index contributed by atoms with van der Waals surface area (Å²) in [4.78, 5) is 15.6. The highest BCUT2D eigenvalue weighted by Gasteiger charge is 2.02. The first-order valence-corrected chi connectivity index (χ1v) is 3.98. The molecular weight excluding hydrogens is 164 g/mol. The topological polar surface area (TPSA) is 54.5 Å². The predicted octanol–water partition coefficient (Wildman–Crippen LogP) is 1.51. The van der Waals surface area contributed by atoms with E-state index in [1.807, 2.05) is 12.1 Å². The number of aromatic amines is 1. The van der Waals surface area contributed by atoms with Gasteiger partial charge in [-0.2, -0.15) is 0 Å². The number of aromatic nitrogens is 4. The number of nitrogens with zero attached hydrogens (tertiary/aromatic N) is 3. The van der Waals surface area contributed by atoms with Crippen molar-refractivity contribution < 1.29 is 0 Å². The molecule has 2 heterocycles. The minimum absolute atomic E-state index is 0.856. The Morgan fingerprint density at radius 3 is 3.00 bits per heavy atom. The van der Waals surface area contributed by atoms with Crippen LogP contribution in [0.25, 0.3) is 22.1 Å². The summed E-state index contributed by atoms with van der Waals surface area (Å²) in [5, 5.41) is 0. The lowest BCUT2D eigenvalue weighted by atomic mass is 10.2. The molecule has 0 aliphatic carbocycles. The van der Waals surface area contributed by atoms with Gasteiger partial charge in [-0.25, -0.2) is 9.97 Å². The van der Waals surface area contributed by atoms with Gasteiger partial charge in [0.2, 0.25) is 0 Å². The fourth-order valence-corrected chi connectivity index (χ4v) is 1.44. The van der Waals surface area contributed by atoms with Crippen molar-refractivity contribution in [2.75, 3.05) is 0 Å². The third-order valence-corrected chi connectivity index (χ3v) is 2.03. The van der Waals surface area contributed by atoms with Gasteiger partial charge in [0.25, 0.3) is 0 Å². The van der Waals surface area contributed by atoms with Crippen molar-refractivity contribution in [1.29, 1.82) is 0 Å². The Balaban J connectivity index is 2.65. The summed E-state index contributed by atoms with van der Waals surface area (Å²) in [7, 11) is 0. The van der Waals surface area contributed by atoms with E-state index < -0.39 is 0 Å². The van der Waals surface area contributed by atoms with Crippen LogP contribution in [0.2, 0.25) is 0 Å². The highest BCUT2D eigenvalue weighted by molar-refractivity contribution is 5.99. The number of nitrogens with one attached hydrogen (secondary N) is 1. The van der Waals surface area contributed by atoms with Crippen molar-refractivity contribution in [3.8, 4) is 0 Å². The van der Waals surface area contributed by atoms with Gasteiger partial charge in [-0.05, 0) is 12.1 Å². The first-order valence-electron chi connectivity index (χ1n) is 3.98. The molecule has 4 heteroatoms. The van der Waals surface area contributed by atoms with Crippen molar-refractivity contribution in [2.45, 2.75) is 0 Å². The minimum Gasteiger partial charge on any atom is -0.358 e. The molecule has 3 aromatic rings. The van der Waals surface area contributed by atoms with E-state index in [2.05, 4.69) is 19.9 Å². The average Bonchev–Trinajstić information content (AvgIpc) is 2.65. The molecule has 0 spiro atoms.